The average Bonchev–Trinajstić information content (AvgIpc) is 3.17. The Morgan fingerprint density at radius 1 is 1.08 bits per heavy atom. The van der Waals surface area contributed by atoms with Crippen LogP contribution in [0.15, 0.2) is 42.5 Å². The Kier molecular flexibility index (Phi) is 4.02. The third-order valence-corrected chi connectivity index (χ3v) is 4.73. The number of rotatable bonds is 2. The molecule has 1 fully saturated rings. The van der Waals surface area contributed by atoms with Crippen molar-refractivity contribution < 1.29 is 14.3 Å². The van der Waals surface area contributed by atoms with Crippen LogP contribution in [0, 0.1) is 11.3 Å². The highest BCUT2D eigenvalue weighted by molar-refractivity contribution is 5.94. The molecule has 0 aromatic heterocycles. The molecule has 0 bridgehead atoms. The molecule has 0 saturated carbocycles. The number of nitrogens with zero attached hydrogens (tertiary/aromatic N) is 2. The van der Waals surface area contributed by atoms with E-state index in [0.29, 0.717) is 24.3 Å². The van der Waals surface area contributed by atoms with Gasteiger partial charge >= 0.3 is 0 Å². The second kappa shape index (κ2) is 6.48. The lowest BCUT2D eigenvalue weighted by atomic mass is 10.0. The molecule has 0 radical (unpaired) electrons. The zero-order chi connectivity index (χ0) is 17.2. The van der Waals surface area contributed by atoms with Crippen LogP contribution < -0.4 is 9.47 Å². The molecule has 1 atom stereocenters. The van der Waals surface area contributed by atoms with Crippen molar-refractivity contribution in [1.82, 2.24) is 4.90 Å². The van der Waals surface area contributed by atoms with Gasteiger partial charge in [0, 0.05) is 12.1 Å². The second-order valence-corrected chi connectivity index (χ2v) is 6.25. The number of nitriles is 1. The van der Waals surface area contributed by atoms with Crippen LogP contribution >= 0.6 is 0 Å². The minimum atomic E-state index is 0.00174. The van der Waals surface area contributed by atoms with Crippen molar-refractivity contribution in [2.75, 3.05) is 19.8 Å². The van der Waals surface area contributed by atoms with Crippen molar-refractivity contribution in [1.29, 1.82) is 5.26 Å². The molecule has 2 heterocycles. The smallest absolute Gasteiger partial charge is 0.254 e. The van der Waals surface area contributed by atoms with E-state index in [1.165, 1.54) is 0 Å². The van der Waals surface area contributed by atoms with E-state index in [4.69, 9.17) is 14.7 Å². The Bertz CT molecular complexity index is 839. The van der Waals surface area contributed by atoms with Gasteiger partial charge in [0.15, 0.2) is 11.5 Å². The van der Waals surface area contributed by atoms with Gasteiger partial charge in [0.05, 0.1) is 17.7 Å². The van der Waals surface area contributed by atoms with E-state index >= 15 is 0 Å². The first-order valence-electron chi connectivity index (χ1n) is 8.47. The molecule has 2 aromatic carbocycles. The summed E-state index contributed by atoms with van der Waals surface area (Å²) in [5, 5.41) is 8.90. The maximum Gasteiger partial charge on any atom is 0.254 e. The van der Waals surface area contributed by atoms with Gasteiger partial charge in [-0.1, -0.05) is 6.07 Å². The molecule has 2 aliphatic heterocycles. The first-order valence-corrected chi connectivity index (χ1v) is 8.47. The van der Waals surface area contributed by atoms with E-state index in [1.54, 1.807) is 24.3 Å². The van der Waals surface area contributed by atoms with Crippen LogP contribution in [0.4, 0.5) is 0 Å². The maximum absolute atomic E-state index is 12.9. The summed E-state index contributed by atoms with van der Waals surface area (Å²) in [6.45, 7) is 1.85. The van der Waals surface area contributed by atoms with Crippen LogP contribution in [0.3, 0.4) is 0 Å². The van der Waals surface area contributed by atoms with Crippen LogP contribution in [-0.2, 0) is 0 Å². The fraction of sp³-hybridized carbons (Fsp3) is 0.300. The fourth-order valence-corrected chi connectivity index (χ4v) is 3.48. The molecule has 1 saturated heterocycles. The Morgan fingerprint density at radius 2 is 1.84 bits per heavy atom. The molecule has 25 heavy (non-hydrogen) atoms. The fourth-order valence-electron chi connectivity index (χ4n) is 3.48. The molecule has 126 valence electrons. The molecular weight excluding hydrogens is 316 g/mol. The summed E-state index contributed by atoms with van der Waals surface area (Å²) in [4.78, 5) is 14.8. The van der Waals surface area contributed by atoms with Crippen LogP contribution in [0.25, 0.3) is 0 Å². The van der Waals surface area contributed by atoms with Gasteiger partial charge in [0.25, 0.3) is 5.91 Å². The predicted molar refractivity (Wildman–Crippen MR) is 91.6 cm³/mol. The Hall–Kier alpha value is -3.00. The minimum Gasteiger partial charge on any atom is -0.486 e. The lowest BCUT2D eigenvalue weighted by Crippen LogP contribution is -2.30. The molecule has 0 spiro atoms. The Morgan fingerprint density at radius 3 is 2.60 bits per heavy atom. The van der Waals surface area contributed by atoms with E-state index in [2.05, 4.69) is 6.07 Å². The predicted octanol–water partition coefficient (Wildman–Crippen LogP) is 3.31. The Balaban J connectivity index is 1.59. The highest BCUT2D eigenvalue weighted by Gasteiger charge is 2.31. The van der Waals surface area contributed by atoms with E-state index < -0.39 is 0 Å². The second-order valence-electron chi connectivity index (χ2n) is 6.25. The molecule has 4 rings (SSSR count). The van der Waals surface area contributed by atoms with Gasteiger partial charge in [-0.2, -0.15) is 5.26 Å². The number of carbonyl (C=O) groups excluding carboxylic acids is 1. The SMILES string of the molecule is N#Cc1ccc(C(=O)N2CCCC2c2ccc3c(c2)OCCO3)cc1. The molecule has 0 N–H and O–H groups in total. The molecule has 1 unspecified atom stereocenters. The standard InChI is InChI=1S/C20H18N2O3/c21-13-14-3-5-15(6-4-14)20(23)22-9-1-2-17(22)16-7-8-18-19(12-16)25-11-10-24-18/h3-8,12,17H,1-2,9-11H2. The lowest BCUT2D eigenvalue weighted by molar-refractivity contribution is 0.0735. The molecule has 1 amide bonds. The maximum atomic E-state index is 12.9. The van der Waals surface area contributed by atoms with Crippen molar-refractivity contribution in [2.24, 2.45) is 0 Å². The average molecular weight is 334 g/mol. The number of hydrogen-bond donors (Lipinski definition) is 0. The summed E-state index contributed by atoms with van der Waals surface area (Å²) in [6, 6.07) is 14.9. The topological polar surface area (TPSA) is 62.6 Å². The number of carbonyl (C=O) groups is 1. The van der Waals surface area contributed by atoms with E-state index in [-0.39, 0.29) is 11.9 Å². The third kappa shape index (κ3) is 2.91. The molecule has 0 aliphatic carbocycles. The van der Waals surface area contributed by atoms with E-state index in [0.717, 1.165) is 36.4 Å². The zero-order valence-electron chi connectivity index (χ0n) is 13.8. The van der Waals surface area contributed by atoms with Gasteiger partial charge in [-0.15, -0.1) is 0 Å². The lowest BCUT2D eigenvalue weighted by Gasteiger charge is -2.27. The third-order valence-electron chi connectivity index (χ3n) is 4.73. The number of likely N-dealkylation sites (tertiary alicyclic amines) is 1. The quantitative estimate of drug-likeness (QED) is 0.845. The zero-order valence-corrected chi connectivity index (χ0v) is 13.8. The van der Waals surface area contributed by atoms with Crippen LogP contribution in [0.1, 0.15) is 40.4 Å². The molecule has 2 aromatic rings. The van der Waals surface area contributed by atoms with Gasteiger partial charge in [0.2, 0.25) is 0 Å². The number of fused-ring (bicyclic) bond motifs is 1. The summed E-state index contributed by atoms with van der Waals surface area (Å²) in [7, 11) is 0. The van der Waals surface area contributed by atoms with Crippen LogP contribution in [-0.4, -0.2) is 30.6 Å². The molecule has 5 heteroatoms. The summed E-state index contributed by atoms with van der Waals surface area (Å²) >= 11 is 0. The normalized spacial score (nSPS) is 18.7. The molecule has 2 aliphatic rings. The highest BCUT2D eigenvalue weighted by atomic mass is 16.6. The largest absolute Gasteiger partial charge is 0.486 e. The van der Waals surface area contributed by atoms with Gasteiger partial charge in [-0.05, 0) is 54.8 Å². The van der Waals surface area contributed by atoms with Crippen molar-refractivity contribution in [3.63, 3.8) is 0 Å². The highest BCUT2D eigenvalue weighted by Crippen LogP contribution is 2.38. The monoisotopic (exact) mass is 334 g/mol. The van der Waals surface area contributed by atoms with Crippen molar-refractivity contribution >= 4 is 5.91 Å². The number of benzene rings is 2. The Labute approximate surface area is 146 Å². The molecule has 5 nitrogen and oxygen atoms in total. The van der Waals surface area contributed by atoms with E-state index in [1.807, 2.05) is 23.1 Å². The summed E-state index contributed by atoms with van der Waals surface area (Å²) in [5.41, 5.74) is 2.24. The summed E-state index contributed by atoms with van der Waals surface area (Å²) in [5.74, 6) is 1.52. The summed E-state index contributed by atoms with van der Waals surface area (Å²) < 4.78 is 11.2. The number of hydrogen-bond acceptors (Lipinski definition) is 4. The van der Waals surface area contributed by atoms with Gasteiger partial charge in [-0.3, -0.25) is 4.79 Å². The van der Waals surface area contributed by atoms with Gasteiger partial charge in [0.1, 0.15) is 13.2 Å². The minimum absolute atomic E-state index is 0.00174. The van der Waals surface area contributed by atoms with Crippen molar-refractivity contribution in [3.8, 4) is 17.6 Å². The number of ether oxygens (including phenoxy) is 2. The van der Waals surface area contributed by atoms with Crippen molar-refractivity contribution in [3.05, 3.63) is 59.2 Å². The van der Waals surface area contributed by atoms with Gasteiger partial charge in [-0.25, -0.2) is 0 Å². The van der Waals surface area contributed by atoms with Gasteiger partial charge < -0.3 is 14.4 Å². The van der Waals surface area contributed by atoms with Crippen LogP contribution in [0.2, 0.25) is 0 Å². The first kappa shape index (κ1) is 15.5. The van der Waals surface area contributed by atoms with Crippen LogP contribution in [0.5, 0.6) is 11.5 Å². The molecular formula is C20H18N2O3. The van der Waals surface area contributed by atoms with Crippen molar-refractivity contribution in [2.45, 2.75) is 18.9 Å². The summed E-state index contributed by atoms with van der Waals surface area (Å²) in [6.07, 6.45) is 1.91. The van der Waals surface area contributed by atoms with E-state index in [9.17, 15) is 4.79 Å². The first-order chi connectivity index (χ1) is 12.3. The number of amides is 1.